The lowest BCUT2D eigenvalue weighted by Crippen LogP contribution is -2.37. The van der Waals surface area contributed by atoms with Crippen LogP contribution in [-0.4, -0.2) is 19.2 Å². The van der Waals surface area contributed by atoms with Gasteiger partial charge in [0.25, 0.3) is 0 Å². The van der Waals surface area contributed by atoms with Crippen molar-refractivity contribution in [2.75, 3.05) is 18.5 Å². The lowest BCUT2D eigenvalue weighted by Gasteiger charge is -2.43. The molecule has 3 atom stereocenters. The molecule has 0 aliphatic carbocycles. The molecule has 1 fully saturated rings. The molecule has 0 unspecified atom stereocenters. The van der Waals surface area contributed by atoms with Gasteiger partial charge in [0, 0.05) is 29.3 Å². The van der Waals surface area contributed by atoms with Gasteiger partial charge in [-0.15, -0.1) is 0 Å². The highest BCUT2D eigenvalue weighted by atomic mass is 19.4. The molecule has 0 radical (unpaired) electrons. The number of esters is 1. The number of hydrogen-bond acceptors (Lipinski definition) is 4. The van der Waals surface area contributed by atoms with Crippen molar-refractivity contribution in [3.05, 3.63) is 64.2 Å². The van der Waals surface area contributed by atoms with Crippen LogP contribution in [0.1, 0.15) is 59.0 Å². The van der Waals surface area contributed by atoms with E-state index in [1.807, 2.05) is 0 Å². The summed E-state index contributed by atoms with van der Waals surface area (Å²) in [5, 5.41) is 3.00. The van der Waals surface area contributed by atoms with Crippen LogP contribution in [0.15, 0.2) is 30.3 Å². The summed E-state index contributed by atoms with van der Waals surface area (Å²) in [5.41, 5.74) is -0.688. The Morgan fingerprint density at radius 2 is 1.90 bits per heavy atom. The summed E-state index contributed by atoms with van der Waals surface area (Å²) in [6, 6.07) is 4.16. The van der Waals surface area contributed by atoms with Crippen LogP contribution < -0.4 is 5.32 Å². The number of anilines is 1. The molecule has 166 valence electrons. The van der Waals surface area contributed by atoms with Crippen LogP contribution in [-0.2, 0) is 15.7 Å². The third-order valence-electron chi connectivity index (χ3n) is 5.69. The maximum atomic E-state index is 15.0. The standard InChI is InChI=1S/C22H20F5NO3/c1-2-30-21(29)11-8-15(23)18(16(24)9-11)19-13-4-3-7-31-20(13)14-10-12(22(25,26)27)5-6-17(14)28-19/h5-6,8-10,13,19-20,28H,2-4,7H2,1H3/t13-,19+,20-/m1/s1. The first-order chi connectivity index (χ1) is 14.7. The van der Waals surface area contributed by atoms with E-state index in [4.69, 9.17) is 9.47 Å². The van der Waals surface area contributed by atoms with E-state index in [9.17, 15) is 26.7 Å². The SMILES string of the molecule is CCOC(=O)c1cc(F)c([C@H]2Nc3ccc(C(F)(F)F)cc3[C@@H]3OCCC[C@H]23)c(F)c1. The molecule has 0 bridgehead atoms. The average Bonchev–Trinajstić information content (AvgIpc) is 2.72. The molecule has 0 aromatic heterocycles. The number of carbonyl (C=O) groups is 1. The highest BCUT2D eigenvalue weighted by Crippen LogP contribution is 2.51. The van der Waals surface area contributed by atoms with Crippen molar-refractivity contribution >= 4 is 11.7 Å². The minimum absolute atomic E-state index is 0.0613. The van der Waals surface area contributed by atoms with E-state index in [-0.39, 0.29) is 17.7 Å². The molecule has 2 aliphatic rings. The second-order valence-corrected chi connectivity index (χ2v) is 7.59. The number of alkyl halides is 3. The van der Waals surface area contributed by atoms with Gasteiger partial charge in [0.05, 0.1) is 29.9 Å². The van der Waals surface area contributed by atoms with Gasteiger partial charge >= 0.3 is 12.1 Å². The number of halogens is 5. The predicted molar refractivity (Wildman–Crippen MR) is 102 cm³/mol. The first kappa shape index (κ1) is 21.5. The molecular weight excluding hydrogens is 421 g/mol. The van der Waals surface area contributed by atoms with E-state index in [0.29, 0.717) is 30.7 Å². The smallest absolute Gasteiger partial charge is 0.416 e. The number of benzene rings is 2. The van der Waals surface area contributed by atoms with E-state index in [2.05, 4.69) is 5.32 Å². The molecular formula is C22H20F5NO3. The van der Waals surface area contributed by atoms with Crippen molar-refractivity contribution in [1.82, 2.24) is 0 Å². The molecule has 1 N–H and O–H groups in total. The summed E-state index contributed by atoms with van der Waals surface area (Å²) in [5.74, 6) is -3.19. The summed E-state index contributed by atoms with van der Waals surface area (Å²) in [6.07, 6.45) is -4.13. The second-order valence-electron chi connectivity index (χ2n) is 7.59. The van der Waals surface area contributed by atoms with Gasteiger partial charge in [-0.25, -0.2) is 13.6 Å². The number of nitrogens with one attached hydrogen (secondary N) is 1. The quantitative estimate of drug-likeness (QED) is 0.484. The molecule has 2 heterocycles. The molecule has 31 heavy (non-hydrogen) atoms. The average molecular weight is 441 g/mol. The molecule has 9 heteroatoms. The Morgan fingerprint density at radius 1 is 1.19 bits per heavy atom. The number of carbonyl (C=O) groups excluding carboxylic acids is 1. The van der Waals surface area contributed by atoms with Gasteiger partial charge in [-0.3, -0.25) is 0 Å². The van der Waals surface area contributed by atoms with Gasteiger partial charge in [0.1, 0.15) is 11.6 Å². The van der Waals surface area contributed by atoms with Gasteiger partial charge in [-0.1, -0.05) is 0 Å². The summed E-state index contributed by atoms with van der Waals surface area (Å²) >= 11 is 0. The van der Waals surface area contributed by atoms with Crippen LogP contribution in [0.5, 0.6) is 0 Å². The van der Waals surface area contributed by atoms with Gasteiger partial charge in [-0.05, 0) is 50.1 Å². The summed E-state index contributed by atoms with van der Waals surface area (Å²) in [4.78, 5) is 11.9. The van der Waals surface area contributed by atoms with Crippen molar-refractivity contribution in [3.63, 3.8) is 0 Å². The molecule has 0 amide bonds. The largest absolute Gasteiger partial charge is 0.462 e. The fraction of sp³-hybridized carbons (Fsp3) is 0.409. The van der Waals surface area contributed by atoms with E-state index in [1.54, 1.807) is 6.92 Å². The summed E-state index contributed by atoms with van der Waals surface area (Å²) < 4.78 is 80.1. The Bertz CT molecular complexity index is 984. The van der Waals surface area contributed by atoms with Crippen molar-refractivity contribution in [2.45, 2.75) is 38.1 Å². The predicted octanol–water partition coefficient (Wildman–Crippen LogP) is 5.79. The third-order valence-corrected chi connectivity index (χ3v) is 5.69. The number of ether oxygens (including phenoxy) is 2. The third kappa shape index (κ3) is 3.98. The number of hydrogen-bond donors (Lipinski definition) is 1. The minimum Gasteiger partial charge on any atom is -0.462 e. The molecule has 4 rings (SSSR count). The number of fused-ring (bicyclic) bond motifs is 3. The highest BCUT2D eigenvalue weighted by Gasteiger charge is 2.43. The van der Waals surface area contributed by atoms with E-state index in [0.717, 1.165) is 24.3 Å². The Balaban J connectivity index is 1.76. The van der Waals surface area contributed by atoms with Crippen LogP contribution in [0.3, 0.4) is 0 Å². The first-order valence-electron chi connectivity index (χ1n) is 9.96. The van der Waals surface area contributed by atoms with Gasteiger partial charge in [0.2, 0.25) is 0 Å². The van der Waals surface area contributed by atoms with Crippen LogP contribution in [0.4, 0.5) is 27.6 Å². The zero-order chi connectivity index (χ0) is 22.3. The lowest BCUT2D eigenvalue weighted by atomic mass is 9.77. The molecule has 2 aromatic carbocycles. The monoisotopic (exact) mass is 441 g/mol. The van der Waals surface area contributed by atoms with E-state index in [1.165, 1.54) is 6.07 Å². The van der Waals surface area contributed by atoms with E-state index >= 15 is 0 Å². The molecule has 2 aliphatic heterocycles. The Kier molecular flexibility index (Phi) is 5.63. The fourth-order valence-electron chi connectivity index (χ4n) is 4.35. The maximum Gasteiger partial charge on any atom is 0.416 e. The topological polar surface area (TPSA) is 47.6 Å². The van der Waals surface area contributed by atoms with Crippen LogP contribution >= 0.6 is 0 Å². The van der Waals surface area contributed by atoms with Gasteiger partial charge in [0.15, 0.2) is 0 Å². The molecule has 2 aromatic rings. The zero-order valence-corrected chi connectivity index (χ0v) is 16.6. The first-order valence-corrected chi connectivity index (χ1v) is 9.96. The van der Waals surface area contributed by atoms with Crippen LogP contribution in [0.2, 0.25) is 0 Å². The molecule has 4 nitrogen and oxygen atoms in total. The van der Waals surface area contributed by atoms with Crippen molar-refractivity contribution in [3.8, 4) is 0 Å². The van der Waals surface area contributed by atoms with Gasteiger partial charge in [-0.2, -0.15) is 13.2 Å². The Hall–Kier alpha value is -2.68. The maximum absolute atomic E-state index is 15.0. The second kappa shape index (κ2) is 8.11. The fourth-order valence-corrected chi connectivity index (χ4v) is 4.35. The van der Waals surface area contributed by atoms with E-state index < -0.39 is 47.4 Å². The van der Waals surface area contributed by atoms with Crippen molar-refractivity contribution in [2.24, 2.45) is 5.92 Å². The number of rotatable bonds is 3. The summed E-state index contributed by atoms with van der Waals surface area (Å²) in [7, 11) is 0. The Labute approximate surface area is 175 Å². The minimum atomic E-state index is -4.52. The summed E-state index contributed by atoms with van der Waals surface area (Å²) in [6.45, 7) is 1.98. The Morgan fingerprint density at radius 3 is 2.55 bits per heavy atom. The highest BCUT2D eigenvalue weighted by molar-refractivity contribution is 5.89. The van der Waals surface area contributed by atoms with Crippen LogP contribution in [0.25, 0.3) is 0 Å². The molecule has 0 saturated carbocycles. The molecule has 0 spiro atoms. The van der Waals surface area contributed by atoms with Crippen molar-refractivity contribution < 1.29 is 36.2 Å². The normalized spacial score (nSPS) is 22.8. The van der Waals surface area contributed by atoms with Crippen molar-refractivity contribution in [1.29, 1.82) is 0 Å². The zero-order valence-electron chi connectivity index (χ0n) is 16.6. The van der Waals surface area contributed by atoms with Gasteiger partial charge < -0.3 is 14.8 Å². The lowest BCUT2D eigenvalue weighted by molar-refractivity contribution is -0.137. The molecule has 1 saturated heterocycles. The van der Waals surface area contributed by atoms with Crippen LogP contribution in [0, 0.1) is 17.6 Å².